The van der Waals surface area contributed by atoms with Gasteiger partial charge in [-0.1, -0.05) is 24.3 Å². The second-order valence-corrected chi connectivity index (χ2v) is 6.78. The van der Waals surface area contributed by atoms with Crippen molar-refractivity contribution < 1.29 is 14.6 Å². The Bertz CT molecular complexity index is 1090. The zero-order valence-electron chi connectivity index (χ0n) is 16.6. The number of nitrogens with zero attached hydrogens (tertiary/aromatic N) is 1. The van der Waals surface area contributed by atoms with Gasteiger partial charge in [0.05, 0.1) is 25.6 Å². The van der Waals surface area contributed by atoms with E-state index in [1.54, 1.807) is 12.1 Å². The summed E-state index contributed by atoms with van der Waals surface area (Å²) in [4.78, 5) is 8.23. The molecule has 6 N–H and O–H groups in total. The van der Waals surface area contributed by atoms with Crippen molar-refractivity contribution in [1.82, 2.24) is 9.97 Å². The number of hydrogen-bond donors (Lipinski definition) is 4. The third-order valence-corrected chi connectivity index (χ3v) is 4.84. The highest BCUT2D eigenvalue weighted by atomic mass is 16.5. The number of imidazole rings is 1. The van der Waals surface area contributed by atoms with E-state index in [1.165, 1.54) is 14.2 Å². The molecule has 0 bridgehead atoms. The number of anilines is 2. The Kier molecular flexibility index (Phi) is 4.93. The van der Waals surface area contributed by atoms with Gasteiger partial charge in [-0.25, -0.2) is 4.98 Å². The van der Waals surface area contributed by atoms with Crippen molar-refractivity contribution in [2.75, 3.05) is 25.7 Å². The molecule has 0 spiro atoms. The molecule has 0 aliphatic carbocycles. The summed E-state index contributed by atoms with van der Waals surface area (Å²) in [7, 11) is 2.97. The first-order valence-corrected chi connectivity index (χ1v) is 9.27. The molecule has 1 aromatic heterocycles. The topological polar surface area (TPSA) is 119 Å². The van der Waals surface area contributed by atoms with Gasteiger partial charge < -0.3 is 31.0 Å². The maximum Gasteiger partial charge on any atom is 0.200 e. The minimum Gasteiger partial charge on any atom is -0.502 e. The SMILES string of the molecule is COc1cc(-c2nc(-c3ccc(N)cc3)c(-c3ccc(N)cc3)[nH]2)cc(OC)c1O. The molecule has 0 saturated heterocycles. The Balaban J connectivity index is 1.91. The Hall–Kier alpha value is -4.13. The van der Waals surface area contributed by atoms with Crippen LogP contribution in [0.3, 0.4) is 0 Å². The Morgan fingerprint density at radius 3 is 1.77 bits per heavy atom. The monoisotopic (exact) mass is 402 g/mol. The molecule has 7 heteroatoms. The van der Waals surface area contributed by atoms with Crippen molar-refractivity contribution in [3.8, 4) is 51.2 Å². The molecule has 0 fully saturated rings. The minimum atomic E-state index is -0.0622. The molecule has 7 nitrogen and oxygen atoms in total. The number of aromatic amines is 1. The van der Waals surface area contributed by atoms with Crippen molar-refractivity contribution >= 4 is 11.4 Å². The number of methoxy groups -OCH3 is 2. The fourth-order valence-corrected chi connectivity index (χ4v) is 3.25. The predicted octanol–water partition coefficient (Wildman–Crippen LogP) is 4.30. The molecular weight excluding hydrogens is 380 g/mol. The Labute approximate surface area is 173 Å². The Morgan fingerprint density at radius 1 is 0.767 bits per heavy atom. The number of nitrogen functional groups attached to an aromatic ring is 2. The Morgan fingerprint density at radius 2 is 1.27 bits per heavy atom. The average molecular weight is 402 g/mol. The number of phenols is 1. The third-order valence-electron chi connectivity index (χ3n) is 4.84. The van der Waals surface area contributed by atoms with E-state index < -0.39 is 0 Å². The van der Waals surface area contributed by atoms with Crippen LogP contribution in [0.5, 0.6) is 17.2 Å². The van der Waals surface area contributed by atoms with Crippen LogP contribution >= 0.6 is 0 Å². The van der Waals surface area contributed by atoms with Crippen molar-refractivity contribution in [3.63, 3.8) is 0 Å². The summed E-state index contributed by atoms with van der Waals surface area (Å²) in [6, 6.07) is 18.5. The normalized spacial score (nSPS) is 10.7. The summed E-state index contributed by atoms with van der Waals surface area (Å²) < 4.78 is 10.6. The number of aromatic hydroxyl groups is 1. The van der Waals surface area contributed by atoms with Gasteiger partial charge in [0.25, 0.3) is 0 Å². The van der Waals surface area contributed by atoms with Gasteiger partial charge in [0.2, 0.25) is 5.75 Å². The zero-order chi connectivity index (χ0) is 21.3. The van der Waals surface area contributed by atoms with E-state index in [0.717, 1.165) is 22.5 Å². The van der Waals surface area contributed by atoms with E-state index in [4.69, 9.17) is 25.9 Å². The molecule has 0 unspecified atom stereocenters. The number of nitrogens with two attached hydrogens (primary N) is 2. The largest absolute Gasteiger partial charge is 0.502 e. The molecule has 0 atom stereocenters. The van der Waals surface area contributed by atoms with E-state index in [1.807, 2.05) is 48.5 Å². The summed E-state index contributed by atoms with van der Waals surface area (Å²) in [5, 5.41) is 10.2. The summed E-state index contributed by atoms with van der Waals surface area (Å²) in [6.45, 7) is 0. The lowest BCUT2D eigenvalue weighted by atomic mass is 10.0. The lowest BCUT2D eigenvalue weighted by molar-refractivity contribution is 0.340. The number of rotatable bonds is 5. The molecular formula is C23H22N4O3. The molecule has 30 heavy (non-hydrogen) atoms. The van der Waals surface area contributed by atoms with Crippen LogP contribution < -0.4 is 20.9 Å². The molecule has 0 radical (unpaired) electrons. The van der Waals surface area contributed by atoms with Gasteiger partial charge in [-0.3, -0.25) is 0 Å². The van der Waals surface area contributed by atoms with Gasteiger partial charge in [-0.2, -0.15) is 0 Å². The highest BCUT2D eigenvalue weighted by Crippen LogP contribution is 2.41. The number of phenolic OH excluding ortho intramolecular Hbond substituents is 1. The van der Waals surface area contributed by atoms with E-state index in [0.29, 0.717) is 34.3 Å². The second-order valence-electron chi connectivity index (χ2n) is 6.78. The van der Waals surface area contributed by atoms with Crippen LogP contribution in [0.2, 0.25) is 0 Å². The minimum absolute atomic E-state index is 0.0622. The van der Waals surface area contributed by atoms with Crippen LogP contribution in [-0.2, 0) is 0 Å². The second kappa shape index (κ2) is 7.71. The standard InChI is InChI=1S/C23H22N4O3/c1-29-18-11-15(12-19(30-2)22(18)28)23-26-20(13-3-7-16(24)8-4-13)21(27-23)14-5-9-17(25)10-6-14/h3-12,28H,24-25H2,1-2H3,(H,26,27). The summed E-state index contributed by atoms with van der Waals surface area (Å²) in [5.74, 6) is 1.13. The highest BCUT2D eigenvalue weighted by molar-refractivity contribution is 5.82. The summed E-state index contributed by atoms with van der Waals surface area (Å²) in [6.07, 6.45) is 0. The zero-order valence-corrected chi connectivity index (χ0v) is 16.6. The average Bonchev–Trinajstić information content (AvgIpc) is 3.20. The molecule has 0 amide bonds. The van der Waals surface area contributed by atoms with Crippen LogP contribution in [0.25, 0.3) is 33.9 Å². The van der Waals surface area contributed by atoms with Gasteiger partial charge in [0.1, 0.15) is 5.82 Å². The number of benzene rings is 3. The lowest BCUT2D eigenvalue weighted by Crippen LogP contribution is -1.91. The highest BCUT2D eigenvalue weighted by Gasteiger charge is 2.18. The molecule has 0 saturated carbocycles. The van der Waals surface area contributed by atoms with E-state index in [-0.39, 0.29) is 5.75 Å². The first-order chi connectivity index (χ1) is 14.5. The maximum atomic E-state index is 10.2. The van der Waals surface area contributed by atoms with Gasteiger partial charge in [-0.15, -0.1) is 0 Å². The van der Waals surface area contributed by atoms with Crippen molar-refractivity contribution in [2.45, 2.75) is 0 Å². The van der Waals surface area contributed by atoms with E-state index in [9.17, 15) is 5.11 Å². The van der Waals surface area contributed by atoms with Gasteiger partial charge >= 0.3 is 0 Å². The van der Waals surface area contributed by atoms with Gasteiger partial charge in [0, 0.05) is 28.1 Å². The molecule has 1 heterocycles. The number of ether oxygens (including phenoxy) is 2. The quantitative estimate of drug-likeness (QED) is 0.370. The van der Waals surface area contributed by atoms with Gasteiger partial charge in [-0.05, 0) is 36.4 Å². The first kappa shape index (κ1) is 19.2. The third kappa shape index (κ3) is 3.48. The number of aromatic nitrogens is 2. The molecule has 4 aromatic rings. The first-order valence-electron chi connectivity index (χ1n) is 9.27. The maximum absolute atomic E-state index is 10.2. The van der Waals surface area contributed by atoms with Crippen molar-refractivity contribution in [3.05, 3.63) is 60.7 Å². The smallest absolute Gasteiger partial charge is 0.200 e. The van der Waals surface area contributed by atoms with E-state index >= 15 is 0 Å². The van der Waals surface area contributed by atoms with Crippen LogP contribution in [0.1, 0.15) is 0 Å². The predicted molar refractivity (Wildman–Crippen MR) is 118 cm³/mol. The van der Waals surface area contributed by atoms with Crippen LogP contribution in [0.4, 0.5) is 11.4 Å². The summed E-state index contributed by atoms with van der Waals surface area (Å²) in [5.41, 5.74) is 17.2. The fourth-order valence-electron chi connectivity index (χ4n) is 3.25. The van der Waals surface area contributed by atoms with Gasteiger partial charge in [0.15, 0.2) is 11.5 Å². The molecule has 0 aliphatic rings. The fraction of sp³-hybridized carbons (Fsp3) is 0.0870. The van der Waals surface area contributed by atoms with Crippen LogP contribution in [0, 0.1) is 0 Å². The number of H-pyrrole nitrogens is 1. The summed E-state index contributed by atoms with van der Waals surface area (Å²) >= 11 is 0. The molecule has 0 aliphatic heterocycles. The number of hydrogen-bond acceptors (Lipinski definition) is 6. The molecule has 152 valence electrons. The molecule has 4 rings (SSSR count). The number of nitrogens with one attached hydrogen (secondary N) is 1. The van der Waals surface area contributed by atoms with E-state index in [2.05, 4.69) is 4.98 Å². The lowest BCUT2D eigenvalue weighted by Gasteiger charge is -2.10. The van der Waals surface area contributed by atoms with Crippen molar-refractivity contribution in [2.24, 2.45) is 0 Å². The van der Waals surface area contributed by atoms with Crippen LogP contribution in [-0.4, -0.2) is 29.3 Å². The van der Waals surface area contributed by atoms with Crippen molar-refractivity contribution in [1.29, 1.82) is 0 Å². The van der Waals surface area contributed by atoms with Crippen LogP contribution in [0.15, 0.2) is 60.7 Å². The molecule has 3 aromatic carbocycles.